The van der Waals surface area contributed by atoms with Gasteiger partial charge in [0.2, 0.25) is 0 Å². The first-order chi connectivity index (χ1) is 6.20. The predicted molar refractivity (Wildman–Crippen MR) is 54.7 cm³/mol. The number of nitrogens with zero attached hydrogens (tertiary/aromatic N) is 1. The summed E-state index contributed by atoms with van der Waals surface area (Å²) >= 11 is 1.56. The van der Waals surface area contributed by atoms with Crippen LogP contribution in [0.4, 0.5) is 0 Å². The molecular weight excluding hydrogens is 184 g/mol. The van der Waals surface area contributed by atoms with Gasteiger partial charge in [-0.15, -0.1) is 11.3 Å². The van der Waals surface area contributed by atoms with E-state index in [0.29, 0.717) is 13.0 Å². The SMILES string of the molecule is CCCC(O)(CN)Cc1cncs1. The molecule has 0 bridgehead atoms. The van der Waals surface area contributed by atoms with Gasteiger partial charge in [-0.1, -0.05) is 13.3 Å². The molecule has 3 nitrogen and oxygen atoms in total. The molecule has 0 aliphatic rings. The highest BCUT2D eigenvalue weighted by atomic mass is 32.1. The van der Waals surface area contributed by atoms with Crippen LogP contribution in [0.3, 0.4) is 0 Å². The monoisotopic (exact) mass is 200 g/mol. The first kappa shape index (κ1) is 10.6. The fraction of sp³-hybridized carbons (Fsp3) is 0.667. The van der Waals surface area contributed by atoms with Crippen LogP contribution in [0.5, 0.6) is 0 Å². The van der Waals surface area contributed by atoms with E-state index in [0.717, 1.165) is 17.7 Å². The van der Waals surface area contributed by atoms with E-state index in [-0.39, 0.29) is 0 Å². The normalized spacial score (nSPS) is 15.6. The van der Waals surface area contributed by atoms with Gasteiger partial charge in [0.05, 0.1) is 11.1 Å². The van der Waals surface area contributed by atoms with Crippen LogP contribution < -0.4 is 5.73 Å². The zero-order valence-corrected chi connectivity index (χ0v) is 8.68. The number of nitrogens with two attached hydrogens (primary N) is 1. The minimum absolute atomic E-state index is 0.318. The Morgan fingerprint density at radius 3 is 2.92 bits per heavy atom. The van der Waals surface area contributed by atoms with Gasteiger partial charge >= 0.3 is 0 Å². The molecule has 1 aromatic heterocycles. The second-order valence-corrected chi connectivity index (χ2v) is 4.29. The van der Waals surface area contributed by atoms with E-state index < -0.39 is 5.60 Å². The molecule has 0 spiro atoms. The highest BCUT2D eigenvalue weighted by Gasteiger charge is 2.24. The van der Waals surface area contributed by atoms with Crippen LogP contribution in [-0.2, 0) is 6.42 Å². The highest BCUT2D eigenvalue weighted by Crippen LogP contribution is 2.20. The molecule has 4 heteroatoms. The van der Waals surface area contributed by atoms with E-state index in [2.05, 4.69) is 4.98 Å². The summed E-state index contributed by atoms with van der Waals surface area (Å²) in [7, 11) is 0. The third-order valence-corrected chi connectivity index (χ3v) is 2.86. The molecule has 0 saturated heterocycles. The Bertz CT molecular complexity index is 238. The molecule has 1 aromatic rings. The molecule has 3 N–H and O–H groups in total. The van der Waals surface area contributed by atoms with Crippen molar-refractivity contribution in [3.8, 4) is 0 Å². The standard InChI is InChI=1S/C9H16N2OS/c1-2-3-9(12,6-10)4-8-5-11-7-13-8/h5,7,12H,2-4,6,10H2,1H3. The minimum atomic E-state index is -0.735. The molecule has 1 rings (SSSR count). The molecule has 1 heterocycles. The second-order valence-electron chi connectivity index (χ2n) is 3.32. The highest BCUT2D eigenvalue weighted by molar-refractivity contribution is 7.09. The molecular formula is C9H16N2OS. The maximum atomic E-state index is 10.0. The van der Waals surface area contributed by atoms with Crippen LogP contribution >= 0.6 is 11.3 Å². The molecule has 74 valence electrons. The lowest BCUT2D eigenvalue weighted by Crippen LogP contribution is -2.39. The Hall–Kier alpha value is -0.450. The summed E-state index contributed by atoms with van der Waals surface area (Å²) in [5.41, 5.74) is 6.59. The molecule has 0 radical (unpaired) electrons. The van der Waals surface area contributed by atoms with E-state index in [9.17, 15) is 5.11 Å². The summed E-state index contributed by atoms with van der Waals surface area (Å²) in [5, 5.41) is 10.0. The number of thiazole rings is 1. The Morgan fingerprint density at radius 1 is 1.69 bits per heavy atom. The predicted octanol–water partition coefficient (Wildman–Crippen LogP) is 1.18. The van der Waals surface area contributed by atoms with E-state index in [4.69, 9.17) is 5.73 Å². The lowest BCUT2D eigenvalue weighted by Gasteiger charge is -2.25. The summed E-state index contributed by atoms with van der Waals surface area (Å²) in [4.78, 5) is 5.07. The van der Waals surface area contributed by atoms with Crippen LogP contribution in [0.2, 0.25) is 0 Å². The lowest BCUT2D eigenvalue weighted by molar-refractivity contribution is 0.0406. The van der Waals surface area contributed by atoms with Gasteiger partial charge in [0, 0.05) is 24.0 Å². The Morgan fingerprint density at radius 2 is 2.46 bits per heavy atom. The molecule has 0 aliphatic heterocycles. The summed E-state index contributed by atoms with van der Waals surface area (Å²) in [6.45, 7) is 2.37. The molecule has 13 heavy (non-hydrogen) atoms. The average Bonchev–Trinajstić information content (AvgIpc) is 2.57. The fourth-order valence-corrected chi connectivity index (χ4v) is 2.11. The zero-order valence-electron chi connectivity index (χ0n) is 7.86. The molecule has 1 unspecified atom stereocenters. The van der Waals surface area contributed by atoms with Crippen molar-refractivity contribution < 1.29 is 5.11 Å². The third kappa shape index (κ3) is 3.06. The van der Waals surface area contributed by atoms with Gasteiger partial charge in [0.15, 0.2) is 0 Å². The van der Waals surface area contributed by atoms with Crippen molar-refractivity contribution in [2.24, 2.45) is 5.73 Å². The fourth-order valence-electron chi connectivity index (χ4n) is 1.38. The molecule has 0 aliphatic carbocycles. The van der Waals surface area contributed by atoms with E-state index in [1.807, 2.05) is 6.92 Å². The van der Waals surface area contributed by atoms with E-state index >= 15 is 0 Å². The van der Waals surface area contributed by atoms with E-state index in [1.165, 1.54) is 0 Å². The van der Waals surface area contributed by atoms with Crippen molar-refractivity contribution in [3.05, 3.63) is 16.6 Å². The summed E-state index contributed by atoms with van der Waals surface area (Å²) < 4.78 is 0. The lowest BCUT2D eigenvalue weighted by atomic mass is 9.94. The van der Waals surface area contributed by atoms with Crippen LogP contribution in [-0.4, -0.2) is 22.2 Å². The molecule has 0 aromatic carbocycles. The van der Waals surface area contributed by atoms with Gasteiger partial charge in [-0.3, -0.25) is 4.98 Å². The summed E-state index contributed by atoms with van der Waals surface area (Å²) in [6, 6.07) is 0. The van der Waals surface area contributed by atoms with Crippen LogP contribution in [0.25, 0.3) is 0 Å². The average molecular weight is 200 g/mol. The van der Waals surface area contributed by atoms with Crippen molar-refractivity contribution in [3.63, 3.8) is 0 Å². The first-order valence-corrected chi connectivity index (χ1v) is 5.38. The maximum absolute atomic E-state index is 10.0. The van der Waals surface area contributed by atoms with Crippen molar-refractivity contribution >= 4 is 11.3 Å². The van der Waals surface area contributed by atoms with Gasteiger partial charge in [-0.2, -0.15) is 0 Å². The number of aromatic nitrogens is 1. The Balaban J connectivity index is 2.58. The molecule has 0 fully saturated rings. The number of hydrogen-bond donors (Lipinski definition) is 2. The number of aliphatic hydroxyl groups is 1. The Kier molecular flexibility index (Phi) is 3.84. The Labute approximate surface area is 82.6 Å². The van der Waals surface area contributed by atoms with Crippen molar-refractivity contribution in [1.82, 2.24) is 4.98 Å². The third-order valence-electron chi connectivity index (χ3n) is 2.08. The van der Waals surface area contributed by atoms with Gasteiger partial charge < -0.3 is 10.8 Å². The first-order valence-electron chi connectivity index (χ1n) is 4.50. The molecule has 0 saturated carbocycles. The van der Waals surface area contributed by atoms with E-state index in [1.54, 1.807) is 23.0 Å². The van der Waals surface area contributed by atoms with Crippen molar-refractivity contribution in [2.45, 2.75) is 31.8 Å². The van der Waals surface area contributed by atoms with Crippen LogP contribution in [0.15, 0.2) is 11.7 Å². The smallest absolute Gasteiger partial charge is 0.0817 e. The summed E-state index contributed by atoms with van der Waals surface area (Å²) in [5.74, 6) is 0. The van der Waals surface area contributed by atoms with Crippen molar-refractivity contribution in [1.29, 1.82) is 0 Å². The zero-order chi connectivity index (χ0) is 9.73. The van der Waals surface area contributed by atoms with Crippen LogP contribution in [0, 0.1) is 0 Å². The number of rotatable bonds is 5. The summed E-state index contributed by atoms with van der Waals surface area (Å²) in [6.07, 6.45) is 4.12. The topological polar surface area (TPSA) is 59.1 Å². The molecule has 0 amide bonds. The maximum Gasteiger partial charge on any atom is 0.0817 e. The van der Waals surface area contributed by atoms with Crippen LogP contribution in [0.1, 0.15) is 24.6 Å². The second kappa shape index (κ2) is 4.69. The largest absolute Gasteiger partial charge is 0.388 e. The molecule has 1 atom stereocenters. The van der Waals surface area contributed by atoms with Gasteiger partial charge in [-0.25, -0.2) is 0 Å². The quantitative estimate of drug-likeness (QED) is 0.750. The van der Waals surface area contributed by atoms with Gasteiger partial charge in [0.1, 0.15) is 0 Å². The van der Waals surface area contributed by atoms with Crippen molar-refractivity contribution in [2.75, 3.05) is 6.54 Å². The van der Waals surface area contributed by atoms with Gasteiger partial charge in [0.25, 0.3) is 0 Å². The minimum Gasteiger partial charge on any atom is -0.388 e. The number of hydrogen-bond acceptors (Lipinski definition) is 4. The van der Waals surface area contributed by atoms with Gasteiger partial charge in [-0.05, 0) is 6.42 Å².